The van der Waals surface area contributed by atoms with E-state index in [1.165, 1.54) is 30.9 Å². The van der Waals surface area contributed by atoms with E-state index in [9.17, 15) is 4.39 Å². The second kappa shape index (κ2) is 8.41. The highest BCUT2D eigenvalue weighted by molar-refractivity contribution is 5.34. The Morgan fingerprint density at radius 3 is 2.74 bits per heavy atom. The van der Waals surface area contributed by atoms with E-state index in [0.29, 0.717) is 12.6 Å². The lowest BCUT2D eigenvalue weighted by molar-refractivity contribution is 0.331. The number of methoxy groups -OCH3 is 1. The quantitative estimate of drug-likeness (QED) is 0.818. The Morgan fingerprint density at radius 2 is 1.93 bits per heavy atom. The smallest absolute Gasteiger partial charge is 0.123 e. The number of hydrogen-bond acceptors (Lipinski definition) is 3. The van der Waals surface area contributed by atoms with Gasteiger partial charge in [0.05, 0.1) is 7.11 Å². The van der Waals surface area contributed by atoms with Gasteiger partial charge >= 0.3 is 0 Å². The highest BCUT2D eigenvalue weighted by atomic mass is 19.1. The van der Waals surface area contributed by atoms with Crippen LogP contribution in [-0.4, -0.2) is 19.7 Å². The monoisotopic (exact) mass is 368 g/mol. The molecule has 3 nitrogen and oxygen atoms in total. The first-order valence-corrected chi connectivity index (χ1v) is 10.1. The summed E-state index contributed by atoms with van der Waals surface area (Å²) in [6.07, 6.45) is 5.17. The molecule has 0 spiro atoms. The molecule has 1 saturated heterocycles. The van der Waals surface area contributed by atoms with Crippen LogP contribution in [-0.2, 0) is 6.54 Å². The van der Waals surface area contributed by atoms with E-state index >= 15 is 0 Å². The molecule has 2 aliphatic rings. The molecule has 2 fully saturated rings. The van der Waals surface area contributed by atoms with Gasteiger partial charge in [-0.2, -0.15) is 0 Å². The molecule has 0 bridgehead atoms. The van der Waals surface area contributed by atoms with Crippen LogP contribution in [0.1, 0.15) is 42.9 Å². The van der Waals surface area contributed by atoms with Gasteiger partial charge in [-0.3, -0.25) is 0 Å². The molecule has 4 heteroatoms. The van der Waals surface area contributed by atoms with Crippen LogP contribution in [0.25, 0.3) is 0 Å². The summed E-state index contributed by atoms with van der Waals surface area (Å²) in [5.74, 6) is 2.08. The average Bonchev–Trinajstić information content (AvgIpc) is 3.06. The molecular weight excluding hydrogens is 339 g/mol. The van der Waals surface area contributed by atoms with E-state index in [0.717, 1.165) is 36.1 Å². The summed E-state index contributed by atoms with van der Waals surface area (Å²) in [6, 6.07) is 16.0. The van der Waals surface area contributed by atoms with Crippen molar-refractivity contribution in [2.45, 2.75) is 44.3 Å². The molecule has 2 N–H and O–H groups in total. The summed E-state index contributed by atoms with van der Waals surface area (Å²) in [5.41, 5.74) is 2.19. The average molecular weight is 368 g/mol. The van der Waals surface area contributed by atoms with Crippen molar-refractivity contribution >= 4 is 0 Å². The van der Waals surface area contributed by atoms with Gasteiger partial charge in [0.25, 0.3) is 0 Å². The zero-order valence-corrected chi connectivity index (χ0v) is 16.0. The molecular formula is C23H29FN2O. The summed E-state index contributed by atoms with van der Waals surface area (Å²) in [7, 11) is 1.64. The highest BCUT2D eigenvalue weighted by Gasteiger charge is 2.36. The van der Waals surface area contributed by atoms with Gasteiger partial charge in [-0.05, 0) is 55.0 Å². The SMILES string of the molecule is COc1ccc(F)cc1CNC1CC2CCCC2CNC1c1ccccc1. The first-order valence-electron chi connectivity index (χ1n) is 10.1. The molecule has 144 valence electrons. The lowest BCUT2D eigenvalue weighted by atomic mass is 9.88. The molecule has 4 atom stereocenters. The Morgan fingerprint density at radius 1 is 1.11 bits per heavy atom. The van der Waals surface area contributed by atoms with Crippen LogP contribution in [0.2, 0.25) is 0 Å². The number of nitrogens with one attached hydrogen (secondary N) is 2. The van der Waals surface area contributed by atoms with Crippen molar-refractivity contribution in [3.8, 4) is 5.75 Å². The van der Waals surface area contributed by atoms with Crippen molar-refractivity contribution in [2.75, 3.05) is 13.7 Å². The molecule has 0 amide bonds. The van der Waals surface area contributed by atoms with Crippen LogP contribution in [0.15, 0.2) is 48.5 Å². The molecule has 2 aromatic carbocycles. The fourth-order valence-corrected chi connectivity index (χ4v) is 4.91. The summed E-state index contributed by atoms with van der Waals surface area (Å²) in [6.45, 7) is 1.69. The predicted octanol–water partition coefficient (Wildman–Crippen LogP) is 4.44. The maximum absolute atomic E-state index is 13.7. The predicted molar refractivity (Wildman–Crippen MR) is 106 cm³/mol. The van der Waals surface area contributed by atoms with E-state index < -0.39 is 0 Å². The molecule has 1 aliphatic carbocycles. The number of hydrogen-bond donors (Lipinski definition) is 2. The second-order valence-electron chi connectivity index (χ2n) is 7.93. The second-order valence-corrected chi connectivity index (χ2v) is 7.93. The first-order chi connectivity index (χ1) is 13.2. The summed E-state index contributed by atoms with van der Waals surface area (Å²) in [5, 5.41) is 7.56. The molecule has 2 aromatic rings. The minimum Gasteiger partial charge on any atom is -0.496 e. The summed E-state index contributed by atoms with van der Waals surface area (Å²) < 4.78 is 19.2. The Balaban J connectivity index is 1.55. The lowest BCUT2D eigenvalue weighted by Gasteiger charge is -2.29. The van der Waals surface area contributed by atoms with E-state index in [1.807, 2.05) is 0 Å². The van der Waals surface area contributed by atoms with Gasteiger partial charge in [0.15, 0.2) is 0 Å². The number of rotatable bonds is 5. The molecule has 0 radical (unpaired) electrons. The highest BCUT2D eigenvalue weighted by Crippen LogP contribution is 2.39. The van der Waals surface area contributed by atoms with Gasteiger partial charge in [-0.15, -0.1) is 0 Å². The Hall–Kier alpha value is -1.91. The van der Waals surface area contributed by atoms with Crippen LogP contribution >= 0.6 is 0 Å². The minimum atomic E-state index is -0.220. The van der Waals surface area contributed by atoms with Crippen molar-refractivity contribution in [3.05, 3.63) is 65.5 Å². The van der Waals surface area contributed by atoms with E-state index in [4.69, 9.17) is 4.74 Å². The standard InChI is InChI=1S/C23H29FN2O/c1-27-22-11-10-20(24)12-19(22)15-25-21-13-17-8-5-9-18(17)14-26-23(21)16-6-3-2-4-7-16/h2-4,6-7,10-12,17-18,21,23,25-26H,5,8-9,13-15H2,1H3. The number of halogens is 1. The Labute approximate surface area is 161 Å². The van der Waals surface area contributed by atoms with Crippen LogP contribution in [0.4, 0.5) is 4.39 Å². The van der Waals surface area contributed by atoms with Crippen LogP contribution < -0.4 is 15.4 Å². The zero-order valence-electron chi connectivity index (χ0n) is 16.0. The molecule has 0 aromatic heterocycles. The summed E-state index contributed by atoms with van der Waals surface area (Å²) >= 11 is 0. The van der Waals surface area contributed by atoms with Gasteiger partial charge in [0.1, 0.15) is 11.6 Å². The van der Waals surface area contributed by atoms with Gasteiger partial charge in [-0.1, -0.05) is 43.2 Å². The van der Waals surface area contributed by atoms with Crippen molar-refractivity contribution in [1.29, 1.82) is 0 Å². The molecule has 4 unspecified atom stereocenters. The minimum absolute atomic E-state index is 0.220. The number of fused-ring (bicyclic) bond motifs is 1. The lowest BCUT2D eigenvalue weighted by Crippen LogP contribution is -2.40. The van der Waals surface area contributed by atoms with E-state index in [-0.39, 0.29) is 11.9 Å². The van der Waals surface area contributed by atoms with Gasteiger partial charge < -0.3 is 15.4 Å². The summed E-state index contributed by atoms with van der Waals surface area (Å²) in [4.78, 5) is 0. The molecule has 1 saturated carbocycles. The maximum Gasteiger partial charge on any atom is 0.123 e. The normalized spacial score (nSPS) is 27.8. The maximum atomic E-state index is 13.7. The largest absolute Gasteiger partial charge is 0.496 e. The van der Waals surface area contributed by atoms with E-state index in [1.54, 1.807) is 19.2 Å². The Kier molecular flexibility index (Phi) is 5.74. The first kappa shape index (κ1) is 18.5. The van der Waals surface area contributed by atoms with Crippen LogP contribution in [0.3, 0.4) is 0 Å². The number of benzene rings is 2. The van der Waals surface area contributed by atoms with Crippen LogP contribution in [0.5, 0.6) is 5.75 Å². The van der Waals surface area contributed by atoms with Gasteiger partial charge in [-0.25, -0.2) is 4.39 Å². The zero-order chi connectivity index (χ0) is 18.6. The van der Waals surface area contributed by atoms with Crippen molar-refractivity contribution in [2.24, 2.45) is 11.8 Å². The van der Waals surface area contributed by atoms with Crippen molar-refractivity contribution in [1.82, 2.24) is 10.6 Å². The third kappa shape index (κ3) is 4.17. The topological polar surface area (TPSA) is 33.3 Å². The molecule has 1 heterocycles. The fraction of sp³-hybridized carbons (Fsp3) is 0.478. The molecule has 4 rings (SSSR count). The van der Waals surface area contributed by atoms with Crippen molar-refractivity contribution < 1.29 is 9.13 Å². The van der Waals surface area contributed by atoms with E-state index in [2.05, 4.69) is 41.0 Å². The molecule has 1 aliphatic heterocycles. The third-order valence-electron chi connectivity index (χ3n) is 6.33. The fourth-order valence-electron chi connectivity index (χ4n) is 4.91. The van der Waals surface area contributed by atoms with Gasteiger partial charge in [0.2, 0.25) is 0 Å². The number of ether oxygens (including phenoxy) is 1. The Bertz CT molecular complexity index is 751. The van der Waals surface area contributed by atoms with Crippen LogP contribution in [0, 0.1) is 17.7 Å². The van der Waals surface area contributed by atoms with Crippen molar-refractivity contribution in [3.63, 3.8) is 0 Å². The molecule has 27 heavy (non-hydrogen) atoms. The third-order valence-corrected chi connectivity index (χ3v) is 6.33. The van der Waals surface area contributed by atoms with Gasteiger partial charge in [0, 0.05) is 24.2 Å².